The minimum atomic E-state index is -0.817. The van der Waals surface area contributed by atoms with Crippen LogP contribution in [0.15, 0.2) is 53.1 Å². The summed E-state index contributed by atoms with van der Waals surface area (Å²) in [6.45, 7) is 5.75. The van der Waals surface area contributed by atoms with Crippen molar-refractivity contribution in [2.75, 3.05) is 19.6 Å². The van der Waals surface area contributed by atoms with E-state index < -0.39 is 34.9 Å². The topological polar surface area (TPSA) is 87.5 Å². The smallest absolute Gasteiger partial charge is 0.273 e. The maximum atomic E-state index is 14.2. The molecule has 1 saturated heterocycles. The van der Waals surface area contributed by atoms with E-state index in [1.54, 1.807) is 0 Å². The zero-order valence-electron chi connectivity index (χ0n) is 22.6. The predicted molar refractivity (Wildman–Crippen MR) is 148 cm³/mol. The van der Waals surface area contributed by atoms with Crippen LogP contribution in [0.2, 0.25) is 5.02 Å². The maximum absolute atomic E-state index is 14.2. The van der Waals surface area contributed by atoms with E-state index in [1.165, 1.54) is 18.6 Å². The Bertz CT molecular complexity index is 1390. The highest BCUT2D eigenvalue weighted by Gasteiger charge is 2.39. The van der Waals surface area contributed by atoms with Crippen molar-refractivity contribution in [3.8, 4) is 11.3 Å². The summed E-state index contributed by atoms with van der Waals surface area (Å²) in [7, 11) is 0. The van der Waals surface area contributed by atoms with Crippen LogP contribution in [0.4, 0.5) is 8.78 Å². The first-order valence-corrected chi connectivity index (χ1v) is 14.0. The van der Waals surface area contributed by atoms with Gasteiger partial charge in [-0.15, -0.1) is 0 Å². The van der Waals surface area contributed by atoms with Gasteiger partial charge in [-0.3, -0.25) is 14.5 Å². The summed E-state index contributed by atoms with van der Waals surface area (Å²) in [6, 6.07) is 12.0. The number of piperidine rings is 1. The number of hydrogen-bond acceptors (Lipinski definition) is 5. The van der Waals surface area contributed by atoms with Crippen LogP contribution in [0.25, 0.3) is 11.3 Å². The molecule has 0 bridgehead atoms. The molecular formula is C30H33ClF2N4O3. The zero-order valence-corrected chi connectivity index (χ0v) is 23.3. The van der Waals surface area contributed by atoms with Gasteiger partial charge < -0.3 is 15.2 Å². The summed E-state index contributed by atoms with van der Waals surface area (Å²) in [5.74, 6) is -2.65. The fraction of sp³-hybridized carbons (Fsp3) is 0.433. The lowest BCUT2D eigenvalue weighted by atomic mass is 9.83. The zero-order chi connectivity index (χ0) is 28.4. The van der Waals surface area contributed by atoms with Gasteiger partial charge >= 0.3 is 0 Å². The Morgan fingerprint density at radius 3 is 2.60 bits per heavy atom. The van der Waals surface area contributed by atoms with Gasteiger partial charge in [0.2, 0.25) is 5.91 Å². The second-order valence-corrected chi connectivity index (χ2v) is 11.7. The van der Waals surface area contributed by atoms with Crippen LogP contribution in [0.1, 0.15) is 55.6 Å². The molecule has 7 nitrogen and oxygen atoms in total. The van der Waals surface area contributed by atoms with E-state index in [0.29, 0.717) is 30.6 Å². The van der Waals surface area contributed by atoms with Crippen LogP contribution in [-0.2, 0) is 10.2 Å². The molecule has 2 aromatic carbocycles. The number of nitrogens with one attached hydrogen (secondary N) is 2. The third-order valence-corrected chi connectivity index (χ3v) is 8.47. The molecule has 1 aliphatic carbocycles. The highest BCUT2D eigenvalue weighted by atomic mass is 35.5. The molecule has 10 heteroatoms. The third kappa shape index (κ3) is 6.05. The third-order valence-electron chi connectivity index (χ3n) is 8.14. The van der Waals surface area contributed by atoms with Crippen LogP contribution in [-0.4, -0.2) is 53.6 Å². The van der Waals surface area contributed by atoms with Crippen LogP contribution in [0.3, 0.4) is 0 Å². The summed E-state index contributed by atoms with van der Waals surface area (Å²) in [6.07, 6.45) is 4.03. The van der Waals surface area contributed by atoms with E-state index >= 15 is 0 Å². The first-order valence-electron chi connectivity index (χ1n) is 13.6. The van der Waals surface area contributed by atoms with Gasteiger partial charge in [-0.2, -0.15) is 0 Å². The van der Waals surface area contributed by atoms with Crippen molar-refractivity contribution in [1.82, 2.24) is 20.7 Å². The van der Waals surface area contributed by atoms with Gasteiger partial charge in [0.15, 0.2) is 11.5 Å². The molecule has 0 radical (unpaired) electrons. The Kier molecular flexibility index (Phi) is 8.24. The molecule has 2 N–H and O–H groups in total. The normalized spacial score (nSPS) is 20.1. The van der Waals surface area contributed by atoms with Gasteiger partial charge in [0.05, 0.1) is 11.5 Å². The highest BCUT2D eigenvalue weighted by molar-refractivity contribution is 6.31. The molecule has 3 aromatic rings. The summed E-state index contributed by atoms with van der Waals surface area (Å²) >= 11 is 6.43. The van der Waals surface area contributed by atoms with Crippen LogP contribution >= 0.6 is 11.6 Å². The predicted octanol–water partition coefficient (Wildman–Crippen LogP) is 5.34. The molecule has 1 aromatic heterocycles. The Balaban J connectivity index is 1.29. The molecule has 2 fully saturated rings. The molecule has 2 heterocycles. The fourth-order valence-electron chi connectivity index (χ4n) is 5.48. The molecule has 2 amide bonds. The number of carbonyl (C=O) groups excluding carboxylic acids is 2. The lowest BCUT2D eigenvalue weighted by Gasteiger charge is -2.45. The Morgan fingerprint density at radius 1 is 1.12 bits per heavy atom. The number of carbonyl (C=O) groups is 2. The summed E-state index contributed by atoms with van der Waals surface area (Å²) in [5, 5.41) is 10.5. The van der Waals surface area contributed by atoms with Crippen molar-refractivity contribution in [2.24, 2.45) is 5.92 Å². The summed E-state index contributed by atoms with van der Waals surface area (Å²) in [5.41, 5.74) is 0.502. The van der Waals surface area contributed by atoms with Crippen molar-refractivity contribution in [2.45, 2.75) is 57.0 Å². The van der Waals surface area contributed by atoms with Gasteiger partial charge in [0.1, 0.15) is 11.6 Å². The number of nitrogens with zero attached hydrogens (tertiary/aromatic N) is 2. The van der Waals surface area contributed by atoms with Gasteiger partial charge in [-0.1, -0.05) is 55.2 Å². The minimum Gasteiger partial charge on any atom is -0.355 e. The largest absolute Gasteiger partial charge is 0.355 e. The minimum absolute atomic E-state index is 0.000134. The van der Waals surface area contributed by atoms with Crippen molar-refractivity contribution in [3.63, 3.8) is 0 Å². The van der Waals surface area contributed by atoms with E-state index in [9.17, 15) is 18.4 Å². The molecule has 1 aliphatic heterocycles. The van der Waals surface area contributed by atoms with Gasteiger partial charge in [-0.25, -0.2) is 8.78 Å². The molecule has 0 unspecified atom stereocenters. The molecule has 1 saturated carbocycles. The number of halogens is 3. The monoisotopic (exact) mass is 570 g/mol. The fourth-order valence-corrected chi connectivity index (χ4v) is 5.88. The Labute approximate surface area is 237 Å². The molecule has 2 atom stereocenters. The summed E-state index contributed by atoms with van der Waals surface area (Å²) < 4.78 is 32.7. The van der Waals surface area contributed by atoms with E-state index in [1.807, 2.05) is 38.1 Å². The average molecular weight is 571 g/mol. The van der Waals surface area contributed by atoms with Crippen molar-refractivity contribution in [1.29, 1.82) is 0 Å². The standard InChI is InChI=1S/C30H33ClF2N4O3/c1-30(2,22-8-3-4-9-23(22)31)17-34-28(38)21-16-37(19-6-5-7-19)13-12-25(21)35-29(39)26-15-27(40-36-26)20-11-10-18(32)14-24(20)33/h3-4,8-11,14-15,19,21,25H,5-7,12-13,16-17H2,1-2H3,(H,34,38)(H,35,39)/t21-,25-/m1/s1. The highest BCUT2D eigenvalue weighted by Crippen LogP contribution is 2.32. The average Bonchev–Trinajstić information content (AvgIpc) is 3.37. The van der Waals surface area contributed by atoms with E-state index in [-0.39, 0.29) is 22.9 Å². The molecular weight excluding hydrogens is 538 g/mol. The molecule has 212 valence electrons. The molecule has 5 rings (SSSR count). The van der Waals surface area contributed by atoms with Gasteiger partial charge in [0, 0.05) is 54.3 Å². The number of likely N-dealkylation sites (tertiary alicyclic amines) is 1. The quantitative estimate of drug-likeness (QED) is 0.382. The number of amides is 2. The first-order chi connectivity index (χ1) is 19.1. The second-order valence-electron chi connectivity index (χ2n) is 11.3. The summed E-state index contributed by atoms with van der Waals surface area (Å²) in [4.78, 5) is 29.1. The lowest BCUT2D eigenvalue weighted by Crippen LogP contribution is -2.59. The van der Waals surface area contributed by atoms with Crippen molar-refractivity contribution in [3.05, 3.63) is 76.4 Å². The number of benzene rings is 2. The van der Waals surface area contributed by atoms with Crippen LogP contribution in [0.5, 0.6) is 0 Å². The van der Waals surface area contributed by atoms with Crippen LogP contribution in [0, 0.1) is 17.6 Å². The van der Waals surface area contributed by atoms with Crippen molar-refractivity contribution >= 4 is 23.4 Å². The number of rotatable bonds is 8. The van der Waals surface area contributed by atoms with Gasteiger partial charge in [0.25, 0.3) is 5.91 Å². The Morgan fingerprint density at radius 2 is 1.90 bits per heavy atom. The van der Waals surface area contributed by atoms with E-state index in [0.717, 1.165) is 37.1 Å². The first kappa shape index (κ1) is 28.2. The van der Waals surface area contributed by atoms with Crippen molar-refractivity contribution < 1.29 is 22.9 Å². The van der Waals surface area contributed by atoms with E-state index in [4.69, 9.17) is 16.1 Å². The SMILES string of the molecule is CC(C)(CNC(=O)[C@@H]1CN(C2CCC2)CC[C@H]1NC(=O)c1cc(-c2ccc(F)cc2F)on1)c1ccccc1Cl. The lowest BCUT2D eigenvalue weighted by molar-refractivity contribution is -0.128. The van der Waals surface area contributed by atoms with Crippen LogP contribution < -0.4 is 10.6 Å². The van der Waals surface area contributed by atoms with E-state index in [2.05, 4.69) is 20.7 Å². The number of hydrogen-bond donors (Lipinski definition) is 2. The Hall–Kier alpha value is -3.30. The molecule has 2 aliphatic rings. The molecule has 40 heavy (non-hydrogen) atoms. The number of aromatic nitrogens is 1. The maximum Gasteiger partial charge on any atom is 0.273 e. The second kappa shape index (κ2) is 11.7. The van der Waals surface area contributed by atoms with Gasteiger partial charge in [-0.05, 0) is 43.0 Å². The molecule has 0 spiro atoms.